The Morgan fingerprint density at radius 2 is 2.36 bits per heavy atom. The molecule has 1 N–H and O–H groups in total. The fourth-order valence-corrected chi connectivity index (χ4v) is 0.969. The number of hydrogen-bond acceptors (Lipinski definition) is 4. The van der Waals surface area contributed by atoms with Gasteiger partial charge in [-0.2, -0.15) is 5.10 Å². The Bertz CT molecular complexity index is 345. The number of carboxylic acids is 1. The Kier molecular flexibility index (Phi) is 3.22. The molecule has 14 heavy (non-hydrogen) atoms. The highest BCUT2D eigenvalue weighted by atomic mass is 16.5. The Hall–Kier alpha value is -1.85. The van der Waals surface area contributed by atoms with Crippen molar-refractivity contribution in [1.29, 1.82) is 0 Å². The molecule has 1 aromatic heterocycles. The monoisotopic (exact) mass is 198 g/mol. The number of carbonyl (C=O) groups is 2. The molecule has 6 nitrogen and oxygen atoms in total. The lowest BCUT2D eigenvalue weighted by Crippen LogP contribution is -2.18. The van der Waals surface area contributed by atoms with E-state index in [0.717, 1.165) is 4.68 Å². The highest BCUT2D eigenvalue weighted by Gasteiger charge is 2.13. The van der Waals surface area contributed by atoms with E-state index in [0.29, 0.717) is 0 Å². The fourth-order valence-electron chi connectivity index (χ4n) is 0.969. The van der Waals surface area contributed by atoms with Crippen molar-refractivity contribution in [1.82, 2.24) is 9.78 Å². The van der Waals surface area contributed by atoms with Crippen molar-refractivity contribution in [2.75, 3.05) is 6.61 Å². The van der Waals surface area contributed by atoms with Crippen molar-refractivity contribution < 1.29 is 19.4 Å². The minimum absolute atomic E-state index is 0.0296. The molecule has 1 aromatic rings. The van der Waals surface area contributed by atoms with Gasteiger partial charge in [0.25, 0.3) is 0 Å². The summed E-state index contributed by atoms with van der Waals surface area (Å²) in [6.45, 7) is 1.77. The maximum absolute atomic E-state index is 11.0. The smallest absolute Gasteiger partial charge is 0.354 e. The Labute approximate surface area is 80.1 Å². The predicted molar refractivity (Wildman–Crippen MR) is 45.8 cm³/mol. The lowest BCUT2D eigenvalue weighted by molar-refractivity contribution is -0.144. The number of aromatic nitrogens is 2. The van der Waals surface area contributed by atoms with Crippen LogP contribution in [0.1, 0.15) is 17.4 Å². The van der Waals surface area contributed by atoms with Gasteiger partial charge in [0.15, 0.2) is 0 Å². The maximum Gasteiger partial charge on any atom is 0.354 e. The van der Waals surface area contributed by atoms with Crippen molar-refractivity contribution in [2.24, 2.45) is 0 Å². The molecule has 0 aliphatic rings. The van der Waals surface area contributed by atoms with Gasteiger partial charge in [-0.15, -0.1) is 0 Å². The molecule has 0 aliphatic carbocycles. The van der Waals surface area contributed by atoms with Crippen LogP contribution in [0.2, 0.25) is 0 Å². The van der Waals surface area contributed by atoms with Crippen LogP contribution in [0.5, 0.6) is 0 Å². The second-order valence-electron chi connectivity index (χ2n) is 2.48. The zero-order chi connectivity index (χ0) is 10.6. The highest BCUT2D eigenvalue weighted by molar-refractivity contribution is 5.86. The summed E-state index contributed by atoms with van der Waals surface area (Å²) in [6, 6.07) is 1.32. The molecule has 0 bridgehead atoms. The molecule has 0 radical (unpaired) electrons. The molecule has 0 aliphatic heterocycles. The van der Waals surface area contributed by atoms with E-state index in [1.165, 1.54) is 12.3 Å². The molecule has 0 fully saturated rings. The first kappa shape index (κ1) is 10.2. The van der Waals surface area contributed by atoms with Crippen LogP contribution in [0.3, 0.4) is 0 Å². The first-order chi connectivity index (χ1) is 6.65. The van der Waals surface area contributed by atoms with Gasteiger partial charge in [-0.1, -0.05) is 0 Å². The predicted octanol–water partition coefficient (Wildman–Crippen LogP) is 0.144. The average Bonchev–Trinajstić information content (AvgIpc) is 2.52. The standard InChI is InChI=1S/C8H10N2O4/c1-2-14-7(11)5-10-6(8(12)13)3-4-9-10/h3-4H,2,5H2,1H3,(H,12,13). The molecular weight excluding hydrogens is 188 g/mol. The number of carboxylic acid groups (broad SMARTS) is 1. The molecule has 1 heterocycles. The highest BCUT2D eigenvalue weighted by Crippen LogP contribution is 1.99. The van der Waals surface area contributed by atoms with Crippen molar-refractivity contribution in [3.8, 4) is 0 Å². The van der Waals surface area contributed by atoms with Gasteiger partial charge in [0.1, 0.15) is 12.2 Å². The summed E-state index contributed by atoms with van der Waals surface area (Å²) < 4.78 is 5.74. The molecule has 6 heteroatoms. The van der Waals surface area contributed by atoms with Crippen molar-refractivity contribution in [3.63, 3.8) is 0 Å². The second kappa shape index (κ2) is 4.40. The van der Waals surface area contributed by atoms with Gasteiger partial charge in [-0.25, -0.2) is 9.48 Å². The summed E-state index contributed by atoms with van der Waals surface area (Å²) in [5.41, 5.74) is -0.0296. The SMILES string of the molecule is CCOC(=O)Cn1nccc1C(=O)O. The van der Waals surface area contributed by atoms with E-state index < -0.39 is 11.9 Å². The summed E-state index contributed by atoms with van der Waals surface area (Å²) in [5, 5.41) is 12.4. The van der Waals surface area contributed by atoms with Crippen LogP contribution < -0.4 is 0 Å². The Balaban J connectivity index is 2.71. The van der Waals surface area contributed by atoms with Gasteiger partial charge < -0.3 is 9.84 Å². The van der Waals surface area contributed by atoms with Gasteiger partial charge in [0.2, 0.25) is 0 Å². The summed E-state index contributed by atoms with van der Waals surface area (Å²) in [5.74, 6) is -1.62. The lowest BCUT2D eigenvalue weighted by Gasteiger charge is -2.03. The van der Waals surface area contributed by atoms with Gasteiger partial charge in [0, 0.05) is 6.20 Å². The van der Waals surface area contributed by atoms with Crippen molar-refractivity contribution >= 4 is 11.9 Å². The maximum atomic E-state index is 11.0. The molecule has 0 aromatic carbocycles. The number of ether oxygens (including phenoxy) is 1. The van der Waals surface area contributed by atoms with E-state index in [9.17, 15) is 9.59 Å². The number of nitrogens with zero attached hydrogens (tertiary/aromatic N) is 2. The third kappa shape index (κ3) is 2.32. The van der Waals surface area contributed by atoms with Crippen molar-refractivity contribution in [3.05, 3.63) is 18.0 Å². The van der Waals surface area contributed by atoms with Crippen LogP contribution in [-0.4, -0.2) is 33.4 Å². The minimum Gasteiger partial charge on any atom is -0.477 e. The molecule has 0 saturated carbocycles. The van der Waals surface area contributed by atoms with E-state index in [1.54, 1.807) is 6.92 Å². The molecule has 0 saturated heterocycles. The van der Waals surface area contributed by atoms with Gasteiger partial charge in [-0.3, -0.25) is 4.79 Å². The largest absolute Gasteiger partial charge is 0.477 e. The van der Waals surface area contributed by atoms with Crippen LogP contribution in [0, 0.1) is 0 Å². The zero-order valence-electron chi connectivity index (χ0n) is 7.64. The molecular formula is C8H10N2O4. The second-order valence-corrected chi connectivity index (χ2v) is 2.48. The summed E-state index contributed by atoms with van der Waals surface area (Å²) in [4.78, 5) is 21.6. The third-order valence-electron chi connectivity index (χ3n) is 1.52. The van der Waals surface area contributed by atoms with Gasteiger partial charge >= 0.3 is 11.9 Å². The molecule has 1 rings (SSSR count). The normalized spacial score (nSPS) is 9.79. The molecule has 0 unspecified atom stereocenters. The first-order valence-electron chi connectivity index (χ1n) is 4.06. The van der Waals surface area contributed by atoms with E-state index >= 15 is 0 Å². The lowest BCUT2D eigenvalue weighted by atomic mass is 10.4. The van der Waals surface area contributed by atoms with Crippen LogP contribution in [-0.2, 0) is 16.1 Å². The zero-order valence-corrected chi connectivity index (χ0v) is 7.64. The molecule has 0 atom stereocenters. The quantitative estimate of drug-likeness (QED) is 0.696. The van der Waals surface area contributed by atoms with Crippen LogP contribution >= 0.6 is 0 Å². The number of aromatic carboxylic acids is 1. The van der Waals surface area contributed by atoms with Crippen LogP contribution in [0.4, 0.5) is 0 Å². The first-order valence-corrected chi connectivity index (χ1v) is 4.06. The Morgan fingerprint density at radius 3 is 2.93 bits per heavy atom. The number of rotatable bonds is 4. The van der Waals surface area contributed by atoms with Gasteiger partial charge in [-0.05, 0) is 13.0 Å². The summed E-state index contributed by atoms with van der Waals surface area (Å²) in [7, 11) is 0. The number of carbonyl (C=O) groups excluding carboxylic acids is 1. The molecule has 76 valence electrons. The minimum atomic E-state index is -1.12. The Morgan fingerprint density at radius 1 is 1.64 bits per heavy atom. The van der Waals surface area contributed by atoms with E-state index in [4.69, 9.17) is 5.11 Å². The van der Waals surface area contributed by atoms with E-state index in [1.807, 2.05) is 0 Å². The van der Waals surface area contributed by atoms with Crippen LogP contribution in [0.15, 0.2) is 12.3 Å². The van der Waals surface area contributed by atoms with E-state index in [2.05, 4.69) is 9.84 Å². The summed E-state index contributed by atoms with van der Waals surface area (Å²) in [6.07, 6.45) is 1.32. The fraction of sp³-hybridized carbons (Fsp3) is 0.375. The summed E-state index contributed by atoms with van der Waals surface area (Å²) >= 11 is 0. The van der Waals surface area contributed by atoms with Crippen molar-refractivity contribution in [2.45, 2.75) is 13.5 Å². The van der Waals surface area contributed by atoms with Crippen LogP contribution in [0.25, 0.3) is 0 Å². The molecule has 0 amide bonds. The molecule has 0 spiro atoms. The van der Waals surface area contributed by atoms with Gasteiger partial charge in [0.05, 0.1) is 6.61 Å². The third-order valence-corrected chi connectivity index (χ3v) is 1.52. The average molecular weight is 198 g/mol. The number of esters is 1. The number of hydrogen-bond donors (Lipinski definition) is 1. The van der Waals surface area contributed by atoms with E-state index in [-0.39, 0.29) is 18.8 Å². The topological polar surface area (TPSA) is 81.4 Å².